The van der Waals surface area contributed by atoms with Crippen LogP contribution in [0.15, 0.2) is 42.5 Å². The van der Waals surface area contributed by atoms with E-state index in [1.807, 2.05) is 18.2 Å². The minimum absolute atomic E-state index is 0.160. The Balaban J connectivity index is 1.30. The van der Waals surface area contributed by atoms with Gasteiger partial charge in [-0.25, -0.2) is 4.39 Å². The van der Waals surface area contributed by atoms with Gasteiger partial charge in [-0.2, -0.15) is 0 Å². The number of fused-ring (bicyclic) bond motifs is 1. The Hall–Kier alpha value is -1.62. The van der Waals surface area contributed by atoms with Crippen molar-refractivity contribution in [1.29, 1.82) is 0 Å². The number of benzene rings is 2. The van der Waals surface area contributed by atoms with Crippen molar-refractivity contribution in [3.8, 4) is 0 Å². The summed E-state index contributed by atoms with van der Waals surface area (Å²) >= 11 is 6.19. The first-order valence-electron chi connectivity index (χ1n) is 9.94. The van der Waals surface area contributed by atoms with Crippen LogP contribution in [0.5, 0.6) is 0 Å². The Morgan fingerprint density at radius 3 is 2.93 bits per heavy atom. The molecule has 2 atom stereocenters. The van der Waals surface area contributed by atoms with E-state index in [1.54, 1.807) is 12.1 Å². The molecule has 2 unspecified atom stereocenters. The van der Waals surface area contributed by atoms with Crippen LogP contribution in [0.2, 0.25) is 5.02 Å². The van der Waals surface area contributed by atoms with Gasteiger partial charge >= 0.3 is 0 Å². The van der Waals surface area contributed by atoms with Gasteiger partial charge in [-0.1, -0.05) is 36.2 Å². The Morgan fingerprint density at radius 1 is 1.11 bits per heavy atom. The molecule has 2 aromatic rings. The fourth-order valence-electron chi connectivity index (χ4n) is 4.40. The molecule has 1 saturated heterocycles. The van der Waals surface area contributed by atoms with Crippen molar-refractivity contribution in [1.82, 2.24) is 10.2 Å². The highest BCUT2D eigenvalue weighted by molar-refractivity contribution is 6.30. The van der Waals surface area contributed by atoms with E-state index in [4.69, 9.17) is 11.6 Å². The van der Waals surface area contributed by atoms with Gasteiger partial charge in [-0.3, -0.25) is 4.90 Å². The van der Waals surface area contributed by atoms with Crippen LogP contribution in [0.25, 0.3) is 0 Å². The van der Waals surface area contributed by atoms with Gasteiger partial charge in [0.15, 0.2) is 0 Å². The molecule has 3 nitrogen and oxygen atoms in total. The summed E-state index contributed by atoms with van der Waals surface area (Å²) in [6, 6.07) is 13.8. The van der Waals surface area contributed by atoms with E-state index in [9.17, 15) is 4.39 Å². The summed E-state index contributed by atoms with van der Waals surface area (Å²) in [5, 5.41) is 7.66. The predicted molar refractivity (Wildman–Crippen MR) is 110 cm³/mol. The molecule has 0 saturated carbocycles. The summed E-state index contributed by atoms with van der Waals surface area (Å²) in [6.07, 6.45) is 3.53. The van der Waals surface area contributed by atoms with Crippen LogP contribution in [0.3, 0.4) is 0 Å². The lowest BCUT2D eigenvalue weighted by atomic mass is 9.95. The van der Waals surface area contributed by atoms with Crippen LogP contribution >= 0.6 is 11.6 Å². The number of unbranched alkanes of at least 4 members (excludes halogenated alkanes) is 1. The summed E-state index contributed by atoms with van der Waals surface area (Å²) in [7, 11) is 0. The number of halogens is 2. The summed E-state index contributed by atoms with van der Waals surface area (Å²) in [6.45, 7) is 5.13. The second kappa shape index (κ2) is 8.59. The molecule has 0 spiro atoms. The first kappa shape index (κ1) is 18.7. The highest BCUT2D eigenvalue weighted by Gasteiger charge is 2.25. The van der Waals surface area contributed by atoms with Gasteiger partial charge in [0, 0.05) is 48.8 Å². The lowest BCUT2D eigenvalue weighted by molar-refractivity contribution is 0.158. The predicted octanol–water partition coefficient (Wildman–Crippen LogP) is 4.81. The van der Waals surface area contributed by atoms with Gasteiger partial charge in [0.05, 0.1) is 0 Å². The van der Waals surface area contributed by atoms with E-state index in [2.05, 4.69) is 27.7 Å². The Labute approximate surface area is 165 Å². The van der Waals surface area contributed by atoms with Crippen molar-refractivity contribution in [2.75, 3.05) is 38.0 Å². The molecule has 0 aromatic heterocycles. The largest absolute Gasteiger partial charge is 0.384 e. The van der Waals surface area contributed by atoms with Crippen LogP contribution < -0.4 is 10.6 Å². The molecule has 27 heavy (non-hydrogen) atoms. The lowest BCUT2D eigenvalue weighted by Crippen LogP contribution is -2.46. The Morgan fingerprint density at radius 2 is 2.04 bits per heavy atom. The van der Waals surface area contributed by atoms with E-state index in [0.29, 0.717) is 12.0 Å². The molecule has 5 heteroatoms. The second-order valence-electron chi connectivity index (χ2n) is 7.62. The average Bonchev–Trinajstić information content (AvgIpc) is 3.07. The van der Waals surface area contributed by atoms with Crippen molar-refractivity contribution >= 4 is 17.3 Å². The molecule has 2 heterocycles. The van der Waals surface area contributed by atoms with Gasteiger partial charge in [0.1, 0.15) is 5.82 Å². The SMILES string of the molecule is Fc1ccc2c(c1)NCC2CCCCN1CCNCC1c1cccc(Cl)c1. The maximum atomic E-state index is 13.3. The van der Waals surface area contributed by atoms with Gasteiger partial charge in [0.2, 0.25) is 0 Å². The van der Waals surface area contributed by atoms with Gasteiger partial charge in [-0.05, 0) is 54.8 Å². The molecule has 1 fully saturated rings. The number of anilines is 1. The Bertz CT molecular complexity index is 782. The number of piperazine rings is 1. The minimum atomic E-state index is -0.160. The third kappa shape index (κ3) is 4.45. The average molecular weight is 388 g/mol. The maximum absolute atomic E-state index is 13.3. The third-order valence-corrected chi connectivity index (χ3v) is 6.06. The van der Waals surface area contributed by atoms with E-state index < -0.39 is 0 Å². The van der Waals surface area contributed by atoms with Crippen molar-refractivity contribution in [2.24, 2.45) is 0 Å². The smallest absolute Gasteiger partial charge is 0.125 e. The highest BCUT2D eigenvalue weighted by Crippen LogP contribution is 2.35. The topological polar surface area (TPSA) is 27.3 Å². The zero-order valence-corrected chi connectivity index (χ0v) is 16.3. The lowest BCUT2D eigenvalue weighted by Gasteiger charge is -2.36. The third-order valence-electron chi connectivity index (χ3n) is 5.83. The van der Waals surface area contributed by atoms with Crippen molar-refractivity contribution in [3.05, 3.63) is 64.4 Å². The Kier molecular flexibility index (Phi) is 5.96. The summed E-state index contributed by atoms with van der Waals surface area (Å²) in [5.41, 5.74) is 3.55. The van der Waals surface area contributed by atoms with Crippen molar-refractivity contribution < 1.29 is 4.39 Å². The van der Waals surface area contributed by atoms with Crippen LogP contribution in [0.4, 0.5) is 10.1 Å². The van der Waals surface area contributed by atoms with Crippen LogP contribution in [0.1, 0.15) is 42.3 Å². The van der Waals surface area contributed by atoms with Crippen molar-refractivity contribution in [2.45, 2.75) is 31.2 Å². The number of nitrogens with one attached hydrogen (secondary N) is 2. The fourth-order valence-corrected chi connectivity index (χ4v) is 4.60. The minimum Gasteiger partial charge on any atom is -0.384 e. The number of nitrogens with zero attached hydrogens (tertiary/aromatic N) is 1. The van der Waals surface area contributed by atoms with Crippen LogP contribution in [0, 0.1) is 5.82 Å². The quantitative estimate of drug-likeness (QED) is 0.697. The number of rotatable bonds is 6. The molecular weight excluding hydrogens is 361 g/mol. The van der Waals surface area contributed by atoms with E-state index >= 15 is 0 Å². The van der Waals surface area contributed by atoms with Crippen LogP contribution in [-0.4, -0.2) is 37.6 Å². The molecule has 2 aliphatic heterocycles. The summed E-state index contributed by atoms with van der Waals surface area (Å²) in [5.74, 6) is 0.347. The summed E-state index contributed by atoms with van der Waals surface area (Å²) < 4.78 is 13.3. The monoisotopic (exact) mass is 387 g/mol. The van der Waals surface area contributed by atoms with E-state index in [0.717, 1.165) is 49.9 Å². The maximum Gasteiger partial charge on any atom is 0.125 e. The second-order valence-corrected chi connectivity index (χ2v) is 8.05. The van der Waals surface area contributed by atoms with E-state index in [-0.39, 0.29) is 5.82 Å². The van der Waals surface area contributed by atoms with Gasteiger partial charge < -0.3 is 10.6 Å². The van der Waals surface area contributed by atoms with E-state index in [1.165, 1.54) is 24.0 Å². The molecule has 2 aliphatic rings. The molecule has 4 rings (SSSR count). The molecule has 144 valence electrons. The normalized spacial score (nSPS) is 22.4. The fraction of sp³-hybridized carbons (Fsp3) is 0.455. The molecule has 0 bridgehead atoms. The first-order valence-corrected chi connectivity index (χ1v) is 10.3. The molecular formula is C22H27ClFN3. The van der Waals surface area contributed by atoms with Gasteiger partial charge in [0.25, 0.3) is 0 Å². The zero-order valence-electron chi connectivity index (χ0n) is 15.6. The summed E-state index contributed by atoms with van der Waals surface area (Å²) in [4.78, 5) is 2.58. The molecule has 2 aromatic carbocycles. The first-order chi connectivity index (χ1) is 13.2. The van der Waals surface area contributed by atoms with Crippen molar-refractivity contribution in [3.63, 3.8) is 0 Å². The zero-order chi connectivity index (χ0) is 18.6. The van der Waals surface area contributed by atoms with Gasteiger partial charge in [-0.15, -0.1) is 0 Å². The highest BCUT2D eigenvalue weighted by atomic mass is 35.5. The number of hydrogen-bond acceptors (Lipinski definition) is 3. The molecule has 2 N–H and O–H groups in total. The number of hydrogen-bond donors (Lipinski definition) is 2. The molecule has 0 amide bonds. The molecule has 0 aliphatic carbocycles. The standard InChI is InChI=1S/C22H27ClFN3/c23-18-6-3-5-16(12-18)22-15-25-9-11-27(22)10-2-1-4-17-14-26-21-13-19(24)7-8-20(17)21/h3,5-8,12-13,17,22,25-26H,1-2,4,9-11,14-15H2. The van der Waals surface area contributed by atoms with Crippen LogP contribution in [-0.2, 0) is 0 Å². The molecule has 0 radical (unpaired) electrons.